The third kappa shape index (κ3) is 3.85. The molecule has 1 heterocycles. The van der Waals surface area contributed by atoms with Gasteiger partial charge in [0.25, 0.3) is 0 Å². The van der Waals surface area contributed by atoms with Crippen LogP contribution in [0.25, 0.3) is 0 Å². The maximum atomic E-state index is 6.28. The third-order valence-electron chi connectivity index (χ3n) is 3.65. The molecule has 0 spiro atoms. The average Bonchev–Trinajstić information content (AvgIpc) is 2.42. The summed E-state index contributed by atoms with van der Waals surface area (Å²) in [6.45, 7) is 2.42. The van der Waals surface area contributed by atoms with E-state index in [4.69, 9.17) is 22.1 Å². The van der Waals surface area contributed by atoms with Gasteiger partial charge in [0.1, 0.15) is 0 Å². The van der Waals surface area contributed by atoms with Crippen molar-refractivity contribution in [2.75, 3.05) is 31.6 Å². The largest absolute Gasteiger partial charge is 0.376 e. The molecule has 3 nitrogen and oxygen atoms in total. The van der Waals surface area contributed by atoms with Crippen LogP contribution in [-0.4, -0.2) is 32.8 Å². The lowest BCUT2D eigenvalue weighted by molar-refractivity contribution is 0.0216. The van der Waals surface area contributed by atoms with E-state index in [0.717, 1.165) is 36.6 Å². The van der Waals surface area contributed by atoms with Crippen LogP contribution in [0.5, 0.6) is 0 Å². The monoisotopic (exact) mass is 282 g/mol. The molecule has 0 amide bonds. The fourth-order valence-corrected chi connectivity index (χ4v) is 2.92. The number of hydrogen-bond acceptors (Lipinski definition) is 3. The Morgan fingerprint density at radius 3 is 2.95 bits per heavy atom. The molecule has 1 aliphatic rings. The van der Waals surface area contributed by atoms with Gasteiger partial charge < -0.3 is 15.4 Å². The minimum absolute atomic E-state index is 0.337. The Kier molecular flexibility index (Phi) is 5.49. The zero-order valence-electron chi connectivity index (χ0n) is 11.6. The van der Waals surface area contributed by atoms with Gasteiger partial charge in [0.2, 0.25) is 0 Å². The number of halogens is 1. The van der Waals surface area contributed by atoms with E-state index in [1.54, 1.807) is 0 Å². The molecule has 1 saturated heterocycles. The fourth-order valence-electron chi connectivity index (χ4n) is 2.65. The number of benzene rings is 1. The summed E-state index contributed by atoms with van der Waals surface area (Å²) in [6.07, 6.45) is 4.75. The molecule has 2 rings (SSSR count). The highest BCUT2D eigenvalue weighted by Gasteiger charge is 2.18. The van der Waals surface area contributed by atoms with E-state index >= 15 is 0 Å². The van der Waals surface area contributed by atoms with Crippen LogP contribution in [-0.2, 0) is 11.2 Å². The molecule has 1 atom stereocenters. The van der Waals surface area contributed by atoms with E-state index in [2.05, 4.69) is 18.0 Å². The molecule has 0 saturated carbocycles. The SMILES string of the molecule is CN(CC1CCCCO1)c1cccc(Cl)c1CCN. The van der Waals surface area contributed by atoms with E-state index in [1.807, 2.05) is 12.1 Å². The van der Waals surface area contributed by atoms with Crippen molar-refractivity contribution in [1.82, 2.24) is 0 Å². The van der Waals surface area contributed by atoms with Crippen molar-refractivity contribution in [2.45, 2.75) is 31.8 Å². The maximum Gasteiger partial charge on any atom is 0.0749 e. The van der Waals surface area contributed by atoms with E-state index in [1.165, 1.54) is 18.5 Å². The van der Waals surface area contributed by atoms with Gasteiger partial charge in [-0.3, -0.25) is 0 Å². The van der Waals surface area contributed by atoms with Crippen LogP contribution >= 0.6 is 11.6 Å². The molecular formula is C15H23ClN2O. The van der Waals surface area contributed by atoms with E-state index in [0.29, 0.717) is 12.6 Å². The maximum absolute atomic E-state index is 6.28. The van der Waals surface area contributed by atoms with Crippen molar-refractivity contribution in [3.63, 3.8) is 0 Å². The van der Waals surface area contributed by atoms with Gasteiger partial charge in [0, 0.05) is 30.9 Å². The van der Waals surface area contributed by atoms with Gasteiger partial charge in [-0.05, 0) is 49.9 Å². The smallest absolute Gasteiger partial charge is 0.0749 e. The first-order valence-corrected chi connectivity index (χ1v) is 7.40. The molecule has 0 aromatic heterocycles. The predicted octanol–water partition coefficient (Wildman–Crippen LogP) is 2.85. The molecule has 1 aromatic carbocycles. The second kappa shape index (κ2) is 7.13. The second-order valence-electron chi connectivity index (χ2n) is 5.15. The Hall–Kier alpha value is -0.770. The minimum Gasteiger partial charge on any atom is -0.376 e. The topological polar surface area (TPSA) is 38.5 Å². The zero-order chi connectivity index (χ0) is 13.7. The summed E-state index contributed by atoms with van der Waals surface area (Å²) in [4.78, 5) is 2.24. The molecule has 19 heavy (non-hydrogen) atoms. The van der Waals surface area contributed by atoms with Crippen molar-refractivity contribution in [1.29, 1.82) is 0 Å². The van der Waals surface area contributed by atoms with E-state index in [9.17, 15) is 0 Å². The van der Waals surface area contributed by atoms with Crippen LogP contribution in [0.4, 0.5) is 5.69 Å². The van der Waals surface area contributed by atoms with Crippen LogP contribution in [0.1, 0.15) is 24.8 Å². The lowest BCUT2D eigenvalue weighted by Gasteiger charge is -2.30. The van der Waals surface area contributed by atoms with Crippen LogP contribution in [0, 0.1) is 0 Å². The van der Waals surface area contributed by atoms with Gasteiger partial charge in [0.15, 0.2) is 0 Å². The lowest BCUT2D eigenvalue weighted by atomic mass is 10.1. The molecule has 1 fully saturated rings. The standard InChI is InChI=1S/C15H23ClN2O/c1-18(11-12-5-2-3-10-19-12)15-7-4-6-14(16)13(15)8-9-17/h4,6-7,12H,2-3,5,8-11,17H2,1H3. The molecule has 1 aromatic rings. The number of rotatable bonds is 5. The Morgan fingerprint density at radius 2 is 2.26 bits per heavy atom. The highest BCUT2D eigenvalue weighted by molar-refractivity contribution is 6.31. The van der Waals surface area contributed by atoms with Gasteiger partial charge >= 0.3 is 0 Å². The predicted molar refractivity (Wildman–Crippen MR) is 81.1 cm³/mol. The first kappa shape index (κ1) is 14.6. The Bertz CT molecular complexity index is 405. The lowest BCUT2D eigenvalue weighted by Crippen LogP contribution is -2.34. The summed E-state index contributed by atoms with van der Waals surface area (Å²) >= 11 is 6.28. The summed E-state index contributed by atoms with van der Waals surface area (Å²) in [7, 11) is 2.10. The second-order valence-corrected chi connectivity index (χ2v) is 5.55. The van der Waals surface area contributed by atoms with Crippen LogP contribution in [0.15, 0.2) is 18.2 Å². The summed E-state index contributed by atoms with van der Waals surface area (Å²) in [6, 6.07) is 6.04. The van der Waals surface area contributed by atoms with Crippen molar-refractivity contribution < 1.29 is 4.74 Å². The first-order chi connectivity index (χ1) is 9.22. The zero-order valence-corrected chi connectivity index (χ0v) is 12.3. The van der Waals surface area contributed by atoms with Gasteiger partial charge in [0.05, 0.1) is 6.10 Å². The highest BCUT2D eigenvalue weighted by atomic mass is 35.5. The van der Waals surface area contributed by atoms with Gasteiger partial charge in [-0.15, -0.1) is 0 Å². The molecule has 0 bridgehead atoms. The first-order valence-electron chi connectivity index (χ1n) is 7.02. The number of hydrogen-bond donors (Lipinski definition) is 1. The number of nitrogens with two attached hydrogens (primary N) is 1. The van der Waals surface area contributed by atoms with Crippen molar-refractivity contribution >= 4 is 17.3 Å². The number of nitrogens with zero attached hydrogens (tertiary/aromatic N) is 1. The van der Waals surface area contributed by atoms with Crippen molar-refractivity contribution in [3.8, 4) is 0 Å². The fraction of sp³-hybridized carbons (Fsp3) is 0.600. The molecule has 0 radical (unpaired) electrons. The average molecular weight is 283 g/mol. The van der Waals surface area contributed by atoms with Crippen molar-refractivity contribution in [3.05, 3.63) is 28.8 Å². The number of likely N-dealkylation sites (N-methyl/N-ethyl adjacent to an activating group) is 1. The number of ether oxygens (including phenoxy) is 1. The number of anilines is 1. The molecule has 1 aliphatic heterocycles. The molecule has 106 valence electrons. The van der Waals surface area contributed by atoms with Gasteiger partial charge in [-0.2, -0.15) is 0 Å². The molecule has 4 heteroatoms. The Labute approximate surface area is 120 Å². The van der Waals surface area contributed by atoms with Crippen molar-refractivity contribution in [2.24, 2.45) is 5.73 Å². The summed E-state index contributed by atoms with van der Waals surface area (Å²) in [5, 5.41) is 0.805. The van der Waals surface area contributed by atoms with Crippen LogP contribution < -0.4 is 10.6 Å². The molecular weight excluding hydrogens is 260 g/mol. The quantitative estimate of drug-likeness (QED) is 0.902. The van der Waals surface area contributed by atoms with E-state index < -0.39 is 0 Å². The Balaban J connectivity index is 2.08. The van der Waals surface area contributed by atoms with Gasteiger partial charge in [-0.25, -0.2) is 0 Å². The highest BCUT2D eigenvalue weighted by Crippen LogP contribution is 2.28. The summed E-state index contributed by atoms with van der Waals surface area (Å²) in [5.41, 5.74) is 8.00. The molecule has 1 unspecified atom stereocenters. The summed E-state index contributed by atoms with van der Waals surface area (Å²) in [5.74, 6) is 0. The summed E-state index contributed by atoms with van der Waals surface area (Å²) < 4.78 is 5.80. The van der Waals surface area contributed by atoms with Gasteiger partial charge in [-0.1, -0.05) is 17.7 Å². The molecule has 2 N–H and O–H groups in total. The third-order valence-corrected chi connectivity index (χ3v) is 4.01. The molecule has 0 aliphatic carbocycles. The van der Waals surface area contributed by atoms with Crippen LogP contribution in [0.3, 0.4) is 0 Å². The Morgan fingerprint density at radius 1 is 1.42 bits per heavy atom. The van der Waals surface area contributed by atoms with Crippen LogP contribution in [0.2, 0.25) is 5.02 Å². The van der Waals surface area contributed by atoms with E-state index in [-0.39, 0.29) is 0 Å². The minimum atomic E-state index is 0.337. The normalized spacial score (nSPS) is 19.4.